The molecule has 2 aromatic heterocycles. The van der Waals surface area contributed by atoms with Gasteiger partial charge in [0.15, 0.2) is 5.16 Å². The summed E-state index contributed by atoms with van der Waals surface area (Å²) in [7, 11) is 0. The number of rotatable bonds is 11. The molecule has 1 aliphatic carbocycles. The molecule has 1 aromatic carbocycles. The molecule has 1 amide bonds. The fraction of sp³-hybridized carbons (Fsp3) is 0.458. The van der Waals surface area contributed by atoms with E-state index >= 15 is 0 Å². The zero-order chi connectivity index (χ0) is 22.2. The van der Waals surface area contributed by atoms with E-state index in [0.717, 1.165) is 52.5 Å². The highest BCUT2D eigenvalue weighted by molar-refractivity contribution is 7.98. The number of aromatic amines is 1. The van der Waals surface area contributed by atoms with Crippen LogP contribution in [0.15, 0.2) is 41.7 Å². The fourth-order valence-electron chi connectivity index (χ4n) is 3.84. The molecule has 1 saturated carbocycles. The van der Waals surface area contributed by atoms with Crippen molar-refractivity contribution in [2.75, 3.05) is 19.8 Å². The van der Waals surface area contributed by atoms with Gasteiger partial charge in [-0.1, -0.05) is 36.7 Å². The second kappa shape index (κ2) is 11.3. The number of ether oxygens (including phenoxy) is 2. The third-order valence-electron chi connectivity index (χ3n) is 5.62. The number of aromatic nitrogens is 3. The molecule has 3 aromatic rings. The molecule has 32 heavy (non-hydrogen) atoms. The Balaban J connectivity index is 1.17. The van der Waals surface area contributed by atoms with E-state index in [1.54, 1.807) is 18.0 Å². The Hall–Kier alpha value is -2.58. The van der Waals surface area contributed by atoms with Crippen molar-refractivity contribution >= 4 is 28.7 Å². The van der Waals surface area contributed by atoms with Crippen molar-refractivity contribution in [1.82, 2.24) is 20.3 Å². The van der Waals surface area contributed by atoms with Crippen molar-refractivity contribution < 1.29 is 14.3 Å². The lowest BCUT2D eigenvalue weighted by Crippen LogP contribution is -2.35. The average Bonchev–Trinajstić information content (AvgIpc) is 3.45. The summed E-state index contributed by atoms with van der Waals surface area (Å²) < 4.78 is 11.4. The van der Waals surface area contributed by atoms with Gasteiger partial charge in [-0.25, -0.2) is 4.98 Å². The predicted molar refractivity (Wildman–Crippen MR) is 126 cm³/mol. The molecule has 0 radical (unpaired) electrons. The van der Waals surface area contributed by atoms with Crippen LogP contribution in [0.2, 0.25) is 0 Å². The van der Waals surface area contributed by atoms with Crippen LogP contribution >= 0.6 is 11.8 Å². The summed E-state index contributed by atoms with van der Waals surface area (Å²) in [5.74, 6) is 1.52. The zero-order valence-corrected chi connectivity index (χ0v) is 19.2. The van der Waals surface area contributed by atoms with E-state index in [9.17, 15) is 4.79 Å². The third kappa shape index (κ3) is 6.23. The summed E-state index contributed by atoms with van der Waals surface area (Å²) in [6.07, 6.45) is 7.09. The van der Waals surface area contributed by atoms with Gasteiger partial charge in [-0.2, -0.15) is 0 Å². The number of imidazole rings is 1. The Labute approximate surface area is 192 Å². The van der Waals surface area contributed by atoms with Gasteiger partial charge >= 0.3 is 0 Å². The second-order valence-electron chi connectivity index (χ2n) is 8.03. The maximum Gasteiger partial charge on any atom is 0.246 e. The van der Waals surface area contributed by atoms with Gasteiger partial charge in [-0.15, -0.1) is 0 Å². The van der Waals surface area contributed by atoms with Crippen LogP contribution in [-0.2, 0) is 15.3 Å². The normalized spacial score (nSPS) is 14.2. The molecule has 4 rings (SSSR count). The van der Waals surface area contributed by atoms with Crippen LogP contribution in [0.5, 0.6) is 5.75 Å². The summed E-state index contributed by atoms with van der Waals surface area (Å²) in [5, 5.41) is 3.91. The van der Waals surface area contributed by atoms with Gasteiger partial charge in [0.25, 0.3) is 0 Å². The fourth-order valence-corrected chi connectivity index (χ4v) is 4.75. The first kappa shape index (κ1) is 22.6. The van der Waals surface area contributed by atoms with E-state index in [0.29, 0.717) is 25.0 Å². The Morgan fingerprint density at radius 2 is 2.06 bits per heavy atom. The molecule has 0 unspecified atom stereocenters. The Kier molecular flexibility index (Phi) is 8.01. The monoisotopic (exact) mass is 454 g/mol. The van der Waals surface area contributed by atoms with Gasteiger partial charge < -0.3 is 19.8 Å². The largest absolute Gasteiger partial charge is 0.493 e. The maximum absolute atomic E-state index is 11.9. The van der Waals surface area contributed by atoms with Crippen LogP contribution in [0, 0.1) is 6.92 Å². The summed E-state index contributed by atoms with van der Waals surface area (Å²) in [5.41, 5.74) is 4.02. The van der Waals surface area contributed by atoms with Gasteiger partial charge in [0.2, 0.25) is 5.91 Å². The van der Waals surface area contributed by atoms with Gasteiger partial charge in [0, 0.05) is 30.0 Å². The number of H-pyrrole nitrogens is 1. The molecule has 8 heteroatoms. The molecule has 0 saturated heterocycles. The van der Waals surface area contributed by atoms with E-state index in [1.165, 1.54) is 12.8 Å². The quantitative estimate of drug-likeness (QED) is 0.330. The second-order valence-corrected chi connectivity index (χ2v) is 9.00. The van der Waals surface area contributed by atoms with E-state index in [4.69, 9.17) is 9.47 Å². The number of benzene rings is 1. The highest BCUT2D eigenvalue weighted by Crippen LogP contribution is 2.27. The number of thioether (sulfide) groups is 1. The molecule has 2 N–H and O–H groups in total. The van der Waals surface area contributed by atoms with Crippen LogP contribution in [-0.4, -0.2) is 46.7 Å². The number of hydrogen-bond acceptors (Lipinski definition) is 6. The number of nitrogens with zero attached hydrogens (tertiary/aromatic N) is 2. The number of amides is 1. The first-order valence-electron chi connectivity index (χ1n) is 11.2. The predicted octanol–water partition coefficient (Wildman–Crippen LogP) is 4.40. The minimum Gasteiger partial charge on any atom is -0.493 e. The summed E-state index contributed by atoms with van der Waals surface area (Å²) in [6, 6.07) is 10.2. The van der Waals surface area contributed by atoms with Crippen molar-refractivity contribution in [3.05, 3.63) is 47.8 Å². The molecular weight excluding hydrogens is 424 g/mol. The van der Waals surface area contributed by atoms with Crippen molar-refractivity contribution in [1.29, 1.82) is 0 Å². The highest BCUT2D eigenvalue weighted by atomic mass is 32.2. The summed E-state index contributed by atoms with van der Waals surface area (Å²) in [4.78, 5) is 24.3. The number of pyridine rings is 1. The molecule has 2 heterocycles. The molecule has 170 valence electrons. The molecule has 7 nitrogen and oxygen atoms in total. The Morgan fingerprint density at radius 3 is 2.91 bits per heavy atom. The van der Waals surface area contributed by atoms with Crippen LogP contribution in [0.4, 0.5) is 0 Å². The molecule has 0 spiro atoms. The smallest absolute Gasteiger partial charge is 0.246 e. The lowest BCUT2D eigenvalue weighted by Gasteiger charge is -2.13. The van der Waals surface area contributed by atoms with Crippen LogP contribution < -0.4 is 10.1 Å². The molecule has 1 fully saturated rings. The van der Waals surface area contributed by atoms with E-state index in [2.05, 4.69) is 20.3 Å². The summed E-state index contributed by atoms with van der Waals surface area (Å²) in [6.45, 7) is 3.18. The molecular formula is C24H30N4O3S. The standard InChI is InChI=1S/C24H30N4O3S/c1-17-21(16-32-24-27-19-9-4-5-10-20(19)28-24)25-12-11-22(17)31-14-6-13-30-15-23(29)26-18-7-2-3-8-18/h4-5,9-12,18H,2-3,6-8,13-16H2,1H3,(H,26,29)(H,27,28). The lowest BCUT2D eigenvalue weighted by molar-refractivity contribution is -0.126. The first-order valence-corrected chi connectivity index (χ1v) is 12.2. The average molecular weight is 455 g/mol. The highest BCUT2D eigenvalue weighted by Gasteiger charge is 2.16. The molecule has 0 atom stereocenters. The molecule has 1 aliphatic rings. The van der Waals surface area contributed by atoms with E-state index in [1.807, 2.05) is 37.3 Å². The molecule has 0 aliphatic heterocycles. The molecule has 0 bridgehead atoms. The van der Waals surface area contributed by atoms with Crippen molar-refractivity contribution in [3.8, 4) is 5.75 Å². The van der Waals surface area contributed by atoms with Crippen molar-refractivity contribution in [2.24, 2.45) is 0 Å². The third-order valence-corrected chi connectivity index (χ3v) is 6.50. The van der Waals surface area contributed by atoms with Gasteiger partial charge in [-0.3, -0.25) is 9.78 Å². The number of carbonyl (C=O) groups excluding carboxylic acids is 1. The van der Waals surface area contributed by atoms with Crippen LogP contribution in [0.25, 0.3) is 11.0 Å². The first-order chi connectivity index (χ1) is 15.7. The number of hydrogen-bond donors (Lipinski definition) is 2. The SMILES string of the molecule is Cc1c(OCCCOCC(=O)NC2CCCC2)ccnc1CSc1nc2ccccc2[nH]1. The van der Waals surface area contributed by atoms with Gasteiger partial charge in [-0.05, 0) is 38.0 Å². The van der Waals surface area contributed by atoms with Crippen LogP contribution in [0.1, 0.15) is 43.4 Å². The number of fused-ring (bicyclic) bond motifs is 1. The van der Waals surface area contributed by atoms with Gasteiger partial charge in [0.05, 0.1) is 29.9 Å². The van der Waals surface area contributed by atoms with E-state index in [-0.39, 0.29) is 12.5 Å². The van der Waals surface area contributed by atoms with Gasteiger partial charge in [0.1, 0.15) is 12.4 Å². The number of para-hydroxylation sites is 2. The van der Waals surface area contributed by atoms with Crippen molar-refractivity contribution in [3.63, 3.8) is 0 Å². The topological polar surface area (TPSA) is 89.1 Å². The van der Waals surface area contributed by atoms with Crippen LogP contribution in [0.3, 0.4) is 0 Å². The Bertz CT molecular complexity index is 1000. The Morgan fingerprint density at radius 1 is 1.22 bits per heavy atom. The maximum atomic E-state index is 11.9. The number of nitrogens with one attached hydrogen (secondary N) is 2. The zero-order valence-electron chi connectivity index (χ0n) is 18.4. The minimum atomic E-state index is -0.0191. The van der Waals surface area contributed by atoms with E-state index < -0.39 is 0 Å². The minimum absolute atomic E-state index is 0.0191. The summed E-state index contributed by atoms with van der Waals surface area (Å²) >= 11 is 1.63. The lowest BCUT2D eigenvalue weighted by atomic mass is 10.2. The number of carbonyl (C=O) groups is 1. The van der Waals surface area contributed by atoms with Crippen molar-refractivity contribution in [2.45, 2.75) is 56.0 Å².